The van der Waals surface area contributed by atoms with Gasteiger partial charge in [0.25, 0.3) is 5.69 Å². The van der Waals surface area contributed by atoms with E-state index in [1.807, 2.05) is 22.9 Å². The van der Waals surface area contributed by atoms with E-state index in [1.165, 1.54) is 18.2 Å². The third kappa shape index (κ3) is 2.38. The third-order valence-electron chi connectivity index (χ3n) is 3.69. The summed E-state index contributed by atoms with van der Waals surface area (Å²) in [5.74, 6) is -0.272. The predicted molar refractivity (Wildman–Crippen MR) is 78.8 cm³/mol. The van der Waals surface area contributed by atoms with Crippen LogP contribution >= 0.6 is 0 Å². The highest BCUT2D eigenvalue weighted by atomic mass is 19.1. The molecule has 0 saturated carbocycles. The Morgan fingerprint density at radius 1 is 1.24 bits per heavy atom. The Morgan fingerprint density at radius 3 is 2.81 bits per heavy atom. The van der Waals surface area contributed by atoms with Crippen molar-refractivity contribution in [2.24, 2.45) is 0 Å². The molecule has 0 spiro atoms. The number of nitro groups is 1. The van der Waals surface area contributed by atoms with Crippen LogP contribution in [-0.2, 0) is 6.54 Å². The molecule has 3 aromatic rings. The monoisotopic (exact) mass is 284 g/mol. The summed E-state index contributed by atoms with van der Waals surface area (Å²) in [4.78, 5) is 10.6. The van der Waals surface area contributed by atoms with Crippen LogP contribution in [0.1, 0.15) is 11.1 Å². The molecular formula is C16H13FN2O2. The standard InChI is InChI=1S/C16H13FN2O2/c1-11-13(3-2-4-15(11)19(20)21)10-18-8-7-12-9-14(17)5-6-16(12)18/h2-9H,10H2,1H3. The molecule has 0 saturated heterocycles. The Bertz CT molecular complexity index is 839. The molecule has 0 aliphatic carbocycles. The van der Waals surface area contributed by atoms with Gasteiger partial charge in [-0.15, -0.1) is 0 Å². The average molecular weight is 284 g/mol. The maximum absolute atomic E-state index is 13.2. The lowest BCUT2D eigenvalue weighted by molar-refractivity contribution is -0.385. The fraction of sp³-hybridized carbons (Fsp3) is 0.125. The van der Waals surface area contributed by atoms with Crippen LogP contribution in [0.25, 0.3) is 10.9 Å². The maximum Gasteiger partial charge on any atom is 0.272 e. The molecule has 0 amide bonds. The van der Waals surface area contributed by atoms with Gasteiger partial charge in [-0.05, 0) is 36.8 Å². The summed E-state index contributed by atoms with van der Waals surface area (Å²) in [7, 11) is 0. The second kappa shape index (κ2) is 5.01. The summed E-state index contributed by atoms with van der Waals surface area (Å²) >= 11 is 0. The SMILES string of the molecule is Cc1c(Cn2ccc3cc(F)ccc32)cccc1[N+](=O)[O-]. The zero-order valence-corrected chi connectivity index (χ0v) is 11.4. The molecule has 1 heterocycles. The van der Waals surface area contributed by atoms with Gasteiger partial charge in [0.2, 0.25) is 0 Å². The second-order valence-electron chi connectivity index (χ2n) is 4.97. The first kappa shape index (κ1) is 13.3. The van der Waals surface area contributed by atoms with E-state index in [4.69, 9.17) is 0 Å². The number of rotatable bonds is 3. The van der Waals surface area contributed by atoms with Crippen molar-refractivity contribution in [3.05, 3.63) is 75.7 Å². The van der Waals surface area contributed by atoms with E-state index >= 15 is 0 Å². The van der Waals surface area contributed by atoms with Crippen LogP contribution in [0, 0.1) is 22.9 Å². The van der Waals surface area contributed by atoms with Crippen LogP contribution in [0.2, 0.25) is 0 Å². The highest BCUT2D eigenvalue weighted by molar-refractivity contribution is 5.80. The van der Waals surface area contributed by atoms with E-state index in [-0.39, 0.29) is 16.4 Å². The van der Waals surface area contributed by atoms with Gasteiger partial charge in [-0.2, -0.15) is 0 Å². The fourth-order valence-corrected chi connectivity index (χ4v) is 2.53. The van der Waals surface area contributed by atoms with Gasteiger partial charge >= 0.3 is 0 Å². The quantitative estimate of drug-likeness (QED) is 0.538. The van der Waals surface area contributed by atoms with Crippen molar-refractivity contribution in [1.29, 1.82) is 0 Å². The molecule has 0 N–H and O–H groups in total. The molecule has 4 nitrogen and oxygen atoms in total. The van der Waals surface area contributed by atoms with Gasteiger partial charge < -0.3 is 4.57 Å². The van der Waals surface area contributed by atoms with Crippen molar-refractivity contribution in [2.75, 3.05) is 0 Å². The van der Waals surface area contributed by atoms with Gasteiger partial charge in [0, 0.05) is 35.3 Å². The Hall–Kier alpha value is -2.69. The highest BCUT2D eigenvalue weighted by Gasteiger charge is 2.13. The van der Waals surface area contributed by atoms with Gasteiger partial charge in [-0.1, -0.05) is 12.1 Å². The lowest BCUT2D eigenvalue weighted by atomic mass is 10.1. The zero-order chi connectivity index (χ0) is 15.0. The molecule has 0 unspecified atom stereocenters. The summed E-state index contributed by atoms with van der Waals surface area (Å²) in [6.45, 7) is 2.27. The Morgan fingerprint density at radius 2 is 2.05 bits per heavy atom. The summed E-state index contributed by atoms with van der Waals surface area (Å²) < 4.78 is 15.2. The zero-order valence-electron chi connectivity index (χ0n) is 11.4. The minimum absolute atomic E-state index is 0.120. The van der Waals surface area contributed by atoms with Gasteiger partial charge in [0.1, 0.15) is 5.82 Å². The summed E-state index contributed by atoms with van der Waals surface area (Å²) in [5.41, 5.74) is 2.56. The lowest BCUT2D eigenvalue weighted by Crippen LogP contribution is -2.02. The van der Waals surface area contributed by atoms with Crippen LogP contribution in [-0.4, -0.2) is 9.49 Å². The first-order valence-electron chi connectivity index (χ1n) is 6.53. The van der Waals surface area contributed by atoms with E-state index in [9.17, 15) is 14.5 Å². The third-order valence-corrected chi connectivity index (χ3v) is 3.69. The number of nitrogens with zero attached hydrogens (tertiary/aromatic N) is 2. The van der Waals surface area contributed by atoms with Crippen molar-refractivity contribution in [2.45, 2.75) is 13.5 Å². The molecule has 0 radical (unpaired) electrons. The molecule has 0 aliphatic rings. The smallest absolute Gasteiger partial charge is 0.272 e. The van der Waals surface area contributed by atoms with E-state index < -0.39 is 0 Å². The van der Waals surface area contributed by atoms with Crippen molar-refractivity contribution in [3.63, 3.8) is 0 Å². The van der Waals surface area contributed by atoms with Crippen LogP contribution in [0.5, 0.6) is 0 Å². The number of hydrogen-bond acceptors (Lipinski definition) is 2. The number of aromatic nitrogens is 1. The van der Waals surface area contributed by atoms with E-state index in [0.29, 0.717) is 12.1 Å². The molecule has 1 aromatic heterocycles. The summed E-state index contributed by atoms with van der Waals surface area (Å²) in [6.07, 6.45) is 1.86. The average Bonchev–Trinajstić information content (AvgIpc) is 2.83. The van der Waals surface area contributed by atoms with Crippen molar-refractivity contribution in [3.8, 4) is 0 Å². The topological polar surface area (TPSA) is 48.1 Å². The van der Waals surface area contributed by atoms with Gasteiger partial charge in [-0.3, -0.25) is 10.1 Å². The highest BCUT2D eigenvalue weighted by Crippen LogP contribution is 2.24. The van der Waals surface area contributed by atoms with Crippen molar-refractivity contribution < 1.29 is 9.31 Å². The van der Waals surface area contributed by atoms with Crippen LogP contribution in [0.15, 0.2) is 48.7 Å². The van der Waals surface area contributed by atoms with Crippen LogP contribution in [0.3, 0.4) is 0 Å². The number of halogens is 1. The first-order valence-corrected chi connectivity index (χ1v) is 6.53. The second-order valence-corrected chi connectivity index (χ2v) is 4.97. The Balaban J connectivity index is 2.03. The number of benzene rings is 2. The number of hydrogen-bond donors (Lipinski definition) is 0. The van der Waals surface area contributed by atoms with E-state index in [1.54, 1.807) is 19.1 Å². The molecule has 0 atom stereocenters. The van der Waals surface area contributed by atoms with Crippen molar-refractivity contribution in [1.82, 2.24) is 4.57 Å². The molecule has 2 aromatic carbocycles. The van der Waals surface area contributed by atoms with E-state index in [2.05, 4.69) is 0 Å². The number of nitro benzene ring substituents is 1. The normalized spacial score (nSPS) is 11.0. The van der Waals surface area contributed by atoms with E-state index in [0.717, 1.165) is 16.5 Å². The molecule has 0 bridgehead atoms. The number of fused-ring (bicyclic) bond motifs is 1. The maximum atomic E-state index is 13.2. The molecule has 0 fully saturated rings. The van der Waals surface area contributed by atoms with Crippen molar-refractivity contribution >= 4 is 16.6 Å². The minimum Gasteiger partial charge on any atom is -0.343 e. The Kier molecular flexibility index (Phi) is 3.17. The summed E-state index contributed by atoms with van der Waals surface area (Å²) in [5, 5.41) is 11.8. The van der Waals surface area contributed by atoms with Gasteiger partial charge in [-0.25, -0.2) is 4.39 Å². The summed E-state index contributed by atoms with van der Waals surface area (Å²) in [6, 6.07) is 11.5. The molecular weight excluding hydrogens is 271 g/mol. The molecule has 106 valence electrons. The largest absolute Gasteiger partial charge is 0.343 e. The lowest BCUT2D eigenvalue weighted by Gasteiger charge is -2.09. The van der Waals surface area contributed by atoms with Gasteiger partial charge in [0.05, 0.1) is 4.92 Å². The predicted octanol–water partition coefficient (Wildman–Crippen LogP) is 4.05. The fourth-order valence-electron chi connectivity index (χ4n) is 2.53. The van der Waals surface area contributed by atoms with Gasteiger partial charge in [0.15, 0.2) is 0 Å². The first-order chi connectivity index (χ1) is 10.1. The molecule has 0 aliphatic heterocycles. The Labute approximate surface area is 120 Å². The molecule has 5 heteroatoms. The van der Waals surface area contributed by atoms with Crippen LogP contribution < -0.4 is 0 Å². The van der Waals surface area contributed by atoms with Crippen LogP contribution in [0.4, 0.5) is 10.1 Å². The molecule has 3 rings (SSSR count). The minimum atomic E-state index is -0.373. The molecule has 21 heavy (non-hydrogen) atoms.